The molecule has 0 aromatic heterocycles. The van der Waals surface area contributed by atoms with Crippen LogP contribution in [0.15, 0.2) is 42.5 Å². The molecule has 1 aliphatic rings. The number of anilines is 1. The Morgan fingerprint density at radius 1 is 0.960 bits per heavy atom. The normalized spacial score (nSPS) is 18.5. The summed E-state index contributed by atoms with van der Waals surface area (Å²) in [6.45, 7) is 0.0307. The van der Waals surface area contributed by atoms with Crippen LogP contribution in [0.4, 0.5) is 18.9 Å². The summed E-state index contributed by atoms with van der Waals surface area (Å²) in [6, 6.07) is 8.89. The van der Waals surface area contributed by atoms with Gasteiger partial charge in [0.25, 0.3) is 0 Å². The second-order valence-corrected chi connectivity index (χ2v) is 5.87. The molecule has 2 N–H and O–H groups in total. The van der Waals surface area contributed by atoms with Crippen LogP contribution in [0.3, 0.4) is 0 Å². The summed E-state index contributed by atoms with van der Waals surface area (Å²) >= 11 is 0. The van der Waals surface area contributed by atoms with Crippen LogP contribution in [0.25, 0.3) is 0 Å². The summed E-state index contributed by atoms with van der Waals surface area (Å²) in [7, 11) is 0. The van der Waals surface area contributed by atoms with Crippen LogP contribution in [-0.4, -0.2) is 11.8 Å². The fraction of sp³-hybridized carbons (Fsp3) is 0.222. The average molecular weight is 348 g/mol. The number of nitrogens with one attached hydrogen (secondary N) is 2. The third-order valence-corrected chi connectivity index (χ3v) is 4.06. The lowest BCUT2D eigenvalue weighted by Crippen LogP contribution is -2.27. The van der Waals surface area contributed by atoms with Crippen LogP contribution in [-0.2, 0) is 16.1 Å². The van der Waals surface area contributed by atoms with E-state index in [1.54, 1.807) is 18.2 Å². The topological polar surface area (TPSA) is 58.2 Å². The Hall–Kier alpha value is -2.83. The highest BCUT2D eigenvalue weighted by Crippen LogP contribution is 2.39. The molecule has 1 saturated carbocycles. The lowest BCUT2D eigenvalue weighted by atomic mass is 10.2. The van der Waals surface area contributed by atoms with Gasteiger partial charge in [-0.15, -0.1) is 0 Å². The molecular weight excluding hydrogens is 333 g/mol. The van der Waals surface area contributed by atoms with Crippen molar-refractivity contribution in [3.63, 3.8) is 0 Å². The second-order valence-electron chi connectivity index (χ2n) is 5.87. The van der Waals surface area contributed by atoms with Gasteiger partial charge in [-0.25, -0.2) is 13.2 Å². The Morgan fingerprint density at radius 2 is 1.68 bits per heavy atom. The first kappa shape index (κ1) is 17.0. The highest BCUT2D eigenvalue weighted by atomic mass is 19.1. The second kappa shape index (κ2) is 6.96. The zero-order valence-corrected chi connectivity index (χ0v) is 13.1. The van der Waals surface area contributed by atoms with Gasteiger partial charge in [-0.05, 0) is 24.6 Å². The van der Waals surface area contributed by atoms with E-state index in [-0.39, 0.29) is 18.1 Å². The van der Waals surface area contributed by atoms with Crippen LogP contribution in [0.5, 0.6) is 0 Å². The highest BCUT2D eigenvalue weighted by molar-refractivity contribution is 5.99. The minimum Gasteiger partial charge on any atom is -0.352 e. The van der Waals surface area contributed by atoms with Crippen LogP contribution in [0.1, 0.15) is 12.0 Å². The van der Waals surface area contributed by atoms with Crippen molar-refractivity contribution < 1.29 is 22.8 Å². The summed E-state index contributed by atoms with van der Waals surface area (Å²) in [5.74, 6) is -4.01. The van der Waals surface area contributed by atoms with E-state index >= 15 is 0 Å². The highest BCUT2D eigenvalue weighted by Gasteiger charge is 2.48. The first-order chi connectivity index (χ1) is 12.0. The van der Waals surface area contributed by atoms with E-state index in [1.807, 2.05) is 0 Å². The van der Waals surface area contributed by atoms with Gasteiger partial charge in [0.15, 0.2) is 0 Å². The Balaban J connectivity index is 1.52. The first-order valence-corrected chi connectivity index (χ1v) is 7.72. The first-order valence-electron chi connectivity index (χ1n) is 7.72. The zero-order valence-electron chi connectivity index (χ0n) is 13.1. The predicted molar refractivity (Wildman–Crippen MR) is 84.8 cm³/mol. The summed E-state index contributed by atoms with van der Waals surface area (Å²) < 4.78 is 39.9. The number of carbonyl (C=O) groups is 2. The van der Waals surface area contributed by atoms with Crippen LogP contribution in [0, 0.1) is 29.3 Å². The maximum atomic E-state index is 13.5. The summed E-state index contributed by atoms with van der Waals surface area (Å²) in [5, 5.41) is 4.93. The van der Waals surface area contributed by atoms with Gasteiger partial charge in [-0.2, -0.15) is 0 Å². The zero-order chi connectivity index (χ0) is 18.0. The lowest BCUT2D eigenvalue weighted by Gasteiger charge is -2.07. The largest absolute Gasteiger partial charge is 0.352 e. The van der Waals surface area contributed by atoms with Gasteiger partial charge in [0, 0.05) is 18.2 Å². The smallest absolute Gasteiger partial charge is 0.228 e. The molecule has 0 spiro atoms. The van der Waals surface area contributed by atoms with Gasteiger partial charge in [0.1, 0.15) is 17.5 Å². The third kappa shape index (κ3) is 3.99. The number of halogens is 3. The Labute approximate surface area is 142 Å². The van der Waals surface area contributed by atoms with Gasteiger partial charge in [0.05, 0.1) is 17.5 Å². The van der Waals surface area contributed by atoms with Crippen molar-refractivity contribution in [3.8, 4) is 0 Å². The van der Waals surface area contributed by atoms with E-state index in [0.717, 1.165) is 12.1 Å². The standard InChI is InChI=1S/C18H15F3N2O2/c19-11-5-6-16(15(21)7-11)23-18(25)13-8-12(13)17(24)22-9-10-3-1-2-4-14(10)20/h1-7,12-13H,8-9H2,(H,22,24)(H,23,25). The molecule has 0 bridgehead atoms. The maximum absolute atomic E-state index is 13.5. The lowest BCUT2D eigenvalue weighted by molar-refractivity contribution is -0.125. The summed E-state index contributed by atoms with van der Waals surface area (Å²) in [4.78, 5) is 24.1. The van der Waals surface area contributed by atoms with Crippen molar-refractivity contribution in [2.75, 3.05) is 5.32 Å². The SMILES string of the molecule is O=C(NCc1ccccc1F)C1CC1C(=O)Nc1ccc(F)cc1F. The van der Waals surface area contributed by atoms with Gasteiger partial charge in [-0.1, -0.05) is 18.2 Å². The molecule has 0 saturated heterocycles. The number of benzene rings is 2. The molecule has 0 radical (unpaired) electrons. The van der Waals surface area contributed by atoms with E-state index in [1.165, 1.54) is 6.07 Å². The average Bonchev–Trinajstić information content (AvgIpc) is 3.37. The van der Waals surface area contributed by atoms with Crippen molar-refractivity contribution in [1.29, 1.82) is 0 Å². The molecule has 3 rings (SSSR count). The molecule has 4 nitrogen and oxygen atoms in total. The maximum Gasteiger partial charge on any atom is 0.228 e. The van der Waals surface area contributed by atoms with E-state index in [4.69, 9.17) is 0 Å². The van der Waals surface area contributed by atoms with Crippen LogP contribution >= 0.6 is 0 Å². The quantitative estimate of drug-likeness (QED) is 0.873. The Bertz CT molecular complexity index is 826. The molecule has 2 atom stereocenters. The van der Waals surface area contributed by atoms with Crippen molar-refractivity contribution in [2.24, 2.45) is 11.8 Å². The summed E-state index contributed by atoms with van der Waals surface area (Å²) in [6.07, 6.45) is 0.331. The number of hydrogen-bond acceptors (Lipinski definition) is 2. The monoisotopic (exact) mass is 348 g/mol. The van der Waals surface area contributed by atoms with Crippen molar-refractivity contribution in [2.45, 2.75) is 13.0 Å². The Morgan fingerprint density at radius 3 is 2.40 bits per heavy atom. The molecule has 0 aliphatic heterocycles. The molecule has 2 unspecified atom stereocenters. The molecule has 0 heterocycles. The van der Waals surface area contributed by atoms with Gasteiger partial charge < -0.3 is 10.6 Å². The fourth-order valence-electron chi connectivity index (χ4n) is 2.55. The molecular formula is C18H15F3N2O2. The number of carbonyl (C=O) groups excluding carboxylic acids is 2. The molecule has 1 aliphatic carbocycles. The molecule has 25 heavy (non-hydrogen) atoms. The minimum atomic E-state index is -0.880. The van der Waals surface area contributed by atoms with E-state index < -0.39 is 35.2 Å². The number of hydrogen-bond donors (Lipinski definition) is 2. The third-order valence-electron chi connectivity index (χ3n) is 4.06. The molecule has 130 valence electrons. The molecule has 2 amide bonds. The molecule has 2 aromatic carbocycles. The van der Waals surface area contributed by atoms with Crippen LogP contribution < -0.4 is 10.6 Å². The van der Waals surface area contributed by atoms with E-state index in [9.17, 15) is 22.8 Å². The van der Waals surface area contributed by atoms with Crippen LogP contribution in [0.2, 0.25) is 0 Å². The summed E-state index contributed by atoms with van der Waals surface area (Å²) in [5.41, 5.74) is 0.217. The van der Waals surface area contributed by atoms with Crippen molar-refractivity contribution in [3.05, 3.63) is 65.5 Å². The van der Waals surface area contributed by atoms with E-state index in [2.05, 4.69) is 10.6 Å². The van der Waals surface area contributed by atoms with Gasteiger partial charge in [0.2, 0.25) is 11.8 Å². The molecule has 2 aromatic rings. The minimum absolute atomic E-state index is 0.0307. The molecule has 1 fully saturated rings. The number of rotatable bonds is 5. The predicted octanol–water partition coefficient (Wildman–Crippen LogP) is 2.99. The van der Waals surface area contributed by atoms with Crippen molar-refractivity contribution in [1.82, 2.24) is 5.32 Å². The molecule has 7 heteroatoms. The van der Waals surface area contributed by atoms with E-state index in [0.29, 0.717) is 18.1 Å². The Kier molecular flexibility index (Phi) is 4.74. The van der Waals surface area contributed by atoms with Crippen molar-refractivity contribution >= 4 is 17.5 Å². The number of amides is 2. The van der Waals surface area contributed by atoms with Gasteiger partial charge in [-0.3, -0.25) is 9.59 Å². The fourth-order valence-corrected chi connectivity index (χ4v) is 2.55. The van der Waals surface area contributed by atoms with Gasteiger partial charge >= 0.3 is 0 Å².